The van der Waals surface area contributed by atoms with Crippen molar-refractivity contribution >= 4 is 11.3 Å². The first-order valence-corrected chi connectivity index (χ1v) is 5.43. The minimum atomic E-state index is 0.798. The Morgan fingerprint density at radius 1 is 1.62 bits per heavy atom. The smallest absolute Gasteiger partial charge is 0.110 e. The van der Waals surface area contributed by atoms with Gasteiger partial charge in [0, 0.05) is 6.54 Å². The Morgan fingerprint density at radius 3 is 3.08 bits per heavy atom. The largest absolute Gasteiger partial charge is 0.313 e. The topological polar surface area (TPSA) is 35.8 Å². The first-order chi connectivity index (χ1) is 6.36. The van der Waals surface area contributed by atoms with Crippen molar-refractivity contribution in [2.45, 2.75) is 26.3 Å². The van der Waals surface area contributed by atoms with Crippen molar-refractivity contribution in [1.82, 2.24) is 5.32 Å². The van der Waals surface area contributed by atoms with E-state index in [0.29, 0.717) is 0 Å². The third-order valence-corrected chi connectivity index (χ3v) is 2.68. The van der Waals surface area contributed by atoms with Crippen LogP contribution in [0.5, 0.6) is 0 Å². The lowest BCUT2D eigenvalue weighted by atomic mass is 10.3. The fourth-order valence-corrected chi connectivity index (χ4v) is 1.76. The Hall–Kier alpha value is -0.850. The average Bonchev–Trinajstić information content (AvgIpc) is 2.60. The van der Waals surface area contributed by atoms with Gasteiger partial charge in [0.1, 0.15) is 10.9 Å². The minimum absolute atomic E-state index is 0.798. The van der Waals surface area contributed by atoms with Gasteiger partial charge in [-0.1, -0.05) is 13.3 Å². The number of rotatable bonds is 5. The summed E-state index contributed by atoms with van der Waals surface area (Å²) in [6, 6.07) is 4.09. The molecule has 0 aliphatic carbocycles. The van der Waals surface area contributed by atoms with Gasteiger partial charge >= 0.3 is 0 Å². The van der Waals surface area contributed by atoms with Crippen molar-refractivity contribution in [3.8, 4) is 6.07 Å². The third-order valence-electron chi connectivity index (χ3n) is 1.80. The number of nitrogens with zero attached hydrogens (tertiary/aromatic N) is 1. The Labute approximate surface area is 83.2 Å². The number of hydrogen-bond donors (Lipinski definition) is 1. The van der Waals surface area contributed by atoms with Gasteiger partial charge in [-0.15, -0.1) is 11.3 Å². The van der Waals surface area contributed by atoms with E-state index in [1.54, 1.807) is 0 Å². The van der Waals surface area contributed by atoms with Crippen molar-refractivity contribution < 1.29 is 0 Å². The second-order valence-corrected chi connectivity index (χ2v) is 3.87. The molecule has 0 bridgehead atoms. The number of hydrogen-bond acceptors (Lipinski definition) is 3. The molecule has 70 valence electrons. The van der Waals surface area contributed by atoms with E-state index in [9.17, 15) is 0 Å². The summed E-state index contributed by atoms with van der Waals surface area (Å²) in [5.74, 6) is 0. The molecule has 0 saturated heterocycles. The highest BCUT2D eigenvalue weighted by molar-refractivity contribution is 7.10. The second-order valence-electron chi connectivity index (χ2n) is 2.96. The lowest BCUT2D eigenvalue weighted by molar-refractivity contribution is 0.642. The van der Waals surface area contributed by atoms with Crippen LogP contribution >= 0.6 is 11.3 Å². The average molecular weight is 194 g/mol. The molecule has 3 heteroatoms. The minimum Gasteiger partial charge on any atom is -0.313 e. The summed E-state index contributed by atoms with van der Waals surface area (Å²) in [6.07, 6.45) is 2.44. The van der Waals surface area contributed by atoms with E-state index in [1.807, 2.05) is 11.4 Å². The van der Waals surface area contributed by atoms with Crippen LogP contribution in [-0.4, -0.2) is 6.54 Å². The number of nitriles is 1. The fraction of sp³-hybridized carbons (Fsp3) is 0.500. The van der Waals surface area contributed by atoms with E-state index in [2.05, 4.69) is 18.3 Å². The molecule has 0 radical (unpaired) electrons. The van der Waals surface area contributed by atoms with Gasteiger partial charge in [-0.25, -0.2) is 0 Å². The summed E-state index contributed by atoms with van der Waals surface area (Å²) < 4.78 is 0. The van der Waals surface area contributed by atoms with Gasteiger partial charge < -0.3 is 5.32 Å². The monoisotopic (exact) mass is 194 g/mol. The standard InChI is InChI=1S/C10H14N2S/c1-2-3-4-12-7-9-5-10(6-11)13-8-9/h5,8,12H,2-4,7H2,1H3. The molecular formula is C10H14N2S. The predicted molar refractivity (Wildman–Crippen MR) is 55.6 cm³/mol. The molecule has 1 aromatic rings. The highest BCUT2D eigenvalue weighted by Gasteiger charge is 1.97. The first kappa shape index (κ1) is 10.2. The van der Waals surface area contributed by atoms with Gasteiger partial charge in [-0.3, -0.25) is 0 Å². The molecule has 0 saturated carbocycles. The number of unbranched alkanes of at least 4 members (excludes halogenated alkanes) is 1. The molecule has 0 aliphatic heterocycles. The van der Waals surface area contributed by atoms with Gasteiger partial charge in [0.05, 0.1) is 0 Å². The zero-order chi connectivity index (χ0) is 9.52. The Morgan fingerprint density at radius 2 is 2.46 bits per heavy atom. The van der Waals surface area contributed by atoms with Crippen LogP contribution in [0.4, 0.5) is 0 Å². The van der Waals surface area contributed by atoms with Gasteiger partial charge in [-0.05, 0) is 30.0 Å². The van der Waals surface area contributed by atoms with E-state index >= 15 is 0 Å². The Balaban J connectivity index is 2.25. The van der Waals surface area contributed by atoms with E-state index in [0.717, 1.165) is 18.0 Å². The summed E-state index contributed by atoms with van der Waals surface area (Å²) >= 11 is 1.51. The highest BCUT2D eigenvalue weighted by Crippen LogP contribution is 2.12. The highest BCUT2D eigenvalue weighted by atomic mass is 32.1. The van der Waals surface area contributed by atoms with E-state index in [4.69, 9.17) is 5.26 Å². The molecule has 0 fully saturated rings. The van der Waals surface area contributed by atoms with Crippen LogP contribution in [0.15, 0.2) is 11.4 Å². The summed E-state index contributed by atoms with van der Waals surface area (Å²) in [4.78, 5) is 0.798. The van der Waals surface area contributed by atoms with Crippen LogP contribution in [-0.2, 0) is 6.54 Å². The Bertz CT molecular complexity index is 285. The van der Waals surface area contributed by atoms with E-state index < -0.39 is 0 Å². The summed E-state index contributed by atoms with van der Waals surface area (Å²) in [6.45, 7) is 4.13. The molecule has 0 amide bonds. The van der Waals surface area contributed by atoms with Gasteiger partial charge in [0.25, 0.3) is 0 Å². The molecule has 0 spiro atoms. The molecule has 0 unspecified atom stereocenters. The SMILES string of the molecule is CCCCNCc1csc(C#N)c1. The maximum absolute atomic E-state index is 8.60. The van der Waals surface area contributed by atoms with Crippen molar-refractivity contribution in [2.75, 3.05) is 6.54 Å². The summed E-state index contributed by atoms with van der Waals surface area (Å²) in [5, 5.41) is 14.0. The van der Waals surface area contributed by atoms with Crippen molar-refractivity contribution in [3.63, 3.8) is 0 Å². The first-order valence-electron chi connectivity index (χ1n) is 4.55. The van der Waals surface area contributed by atoms with Crippen LogP contribution in [0, 0.1) is 11.3 Å². The molecule has 13 heavy (non-hydrogen) atoms. The zero-order valence-electron chi connectivity index (χ0n) is 7.84. The number of thiophene rings is 1. The molecule has 2 nitrogen and oxygen atoms in total. The zero-order valence-corrected chi connectivity index (χ0v) is 8.66. The van der Waals surface area contributed by atoms with Gasteiger partial charge in [-0.2, -0.15) is 5.26 Å². The fourth-order valence-electron chi connectivity index (χ4n) is 1.06. The van der Waals surface area contributed by atoms with Crippen LogP contribution in [0.3, 0.4) is 0 Å². The second kappa shape index (κ2) is 5.74. The molecule has 1 rings (SSSR count). The predicted octanol–water partition coefficient (Wildman–Crippen LogP) is 2.51. The van der Waals surface area contributed by atoms with Crippen molar-refractivity contribution in [1.29, 1.82) is 5.26 Å². The molecule has 1 heterocycles. The molecule has 0 atom stereocenters. The summed E-state index contributed by atoms with van der Waals surface area (Å²) in [5.41, 5.74) is 1.22. The van der Waals surface area contributed by atoms with Gasteiger partial charge in [0.2, 0.25) is 0 Å². The lowest BCUT2D eigenvalue weighted by Crippen LogP contribution is -2.13. The van der Waals surface area contributed by atoms with E-state index in [1.165, 1.54) is 29.7 Å². The molecule has 1 aromatic heterocycles. The normalized spacial score (nSPS) is 9.85. The van der Waals surface area contributed by atoms with Crippen molar-refractivity contribution in [3.05, 3.63) is 21.9 Å². The lowest BCUT2D eigenvalue weighted by Gasteiger charge is -2.00. The maximum atomic E-state index is 8.60. The van der Waals surface area contributed by atoms with Crippen LogP contribution in [0.2, 0.25) is 0 Å². The molecule has 1 N–H and O–H groups in total. The quantitative estimate of drug-likeness (QED) is 0.731. The van der Waals surface area contributed by atoms with E-state index in [-0.39, 0.29) is 0 Å². The van der Waals surface area contributed by atoms with Crippen LogP contribution in [0.1, 0.15) is 30.2 Å². The third kappa shape index (κ3) is 3.58. The molecule has 0 aromatic carbocycles. The van der Waals surface area contributed by atoms with Crippen molar-refractivity contribution in [2.24, 2.45) is 0 Å². The van der Waals surface area contributed by atoms with Crippen LogP contribution < -0.4 is 5.32 Å². The number of nitrogens with one attached hydrogen (secondary N) is 1. The molecular weight excluding hydrogens is 180 g/mol. The van der Waals surface area contributed by atoms with Crippen LogP contribution in [0.25, 0.3) is 0 Å². The summed E-state index contributed by atoms with van der Waals surface area (Å²) in [7, 11) is 0. The molecule has 0 aliphatic rings. The Kier molecular flexibility index (Phi) is 4.52. The maximum Gasteiger partial charge on any atom is 0.110 e. The van der Waals surface area contributed by atoms with Gasteiger partial charge in [0.15, 0.2) is 0 Å².